The van der Waals surface area contributed by atoms with Crippen molar-refractivity contribution >= 4 is 11.9 Å². The highest BCUT2D eigenvalue weighted by Gasteiger charge is 2.07. The molecule has 0 unspecified atom stereocenters. The van der Waals surface area contributed by atoms with E-state index in [0.29, 0.717) is 0 Å². The molecule has 14 heavy (non-hydrogen) atoms. The Balaban J connectivity index is 4.18. The summed E-state index contributed by atoms with van der Waals surface area (Å²) in [6, 6.07) is 0. The third-order valence-corrected chi connectivity index (χ3v) is 1.21. The lowest BCUT2D eigenvalue weighted by Gasteiger charge is -2.01. The lowest BCUT2D eigenvalue weighted by molar-refractivity contribution is -0.147. The van der Waals surface area contributed by atoms with E-state index in [2.05, 4.69) is 16.1 Å². The SMILES string of the molecule is C=C(C)C(=O)O/C=C(\C)C(=O)OCO. The molecular weight excluding hydrogens is 188 g/mol. The summed E-state index contributed by atoms with van der Waals surface area (Å²) in [6.45, 7) is 5.52. The van der Waals surface area contributed by atoms with Gasteiger partial charge in [0.25, 0.3) is 0 Å². The van der Waals surface area contributed by atoms with Gasteiger partial charge >= 0.3 is 11.9 Å². The van der Waals surface area contributed by atoms with Crippen LogP contribution in [0.3, 0.4) is 0 Å². The van der Waals surface area contributed by atoms with Crippen LogP contribution in [0.1, 0.15) is 13.8 Å². The van der Waals surface area contributed by atoms with Crippen LogP contribution >= 0.6 is 0 Å². The lowest BCUT2D eigenvalue weighted by atomic mass is 10.3. The molecule has 0 spiro atoms. The van der Waals surface area contributed by atoms with Gasteiger partial charge in [0.15, 0.2) is 6.79 Å². The third-order valence-electron chi connectivity index (χ3n) is 1.21. The first-order valence-electron chi connectivity index (χ1n) is 3.80. The Morgan fingerprint density at radius 2 is 1.93 bits per heavy atom. The van der Waals surface area contributed by atoms with Crippen LogP contribution in [0.5, 0.6) is 0 Å². The molecule has 0 amide bonds. The van der Waals surface area contributed by atoms with Gasteiger partial charge in [0.05, 0.1) is 5.57 Å². The molecule has 0 radical (unpaired) electrons. The van der Waals surface area contributed by atoms with Gasteiger partial charge in [-0.05, 0) is 13.8 Å². The number of aliphatic hydroxyl groups is 1. The summed E-state index contributed by atoms with van der Waals surface area (Å²) >= 11 is 0. The van der Waals surface area contributed by atoms with Crippen molar-refractivity contribution in [3.63, 3.8) is 0 Å². The first kappa shape index (κ1) is 12.4. The van der Waals surface area contributed by atoms with Crippen molar-refractivity contribution in [2.24, 2.45) is 0 Å². The standard InChI is InChI=1S/C9H12O5/c1-6(2)8(11)13-4-7(3)9(12)14-5-10/h4,10H,1,5H2,2-3H3/b7-4+. The van der Waals surface area contributed by atoms with Crippen LogP contribution < -0.4 is 0 Å². The first-order chi connectivity index (χ1) is 6.49. The van der Waals surface area contributed by atoms with Crippen LogP contribution in [0.4, 0.5) is 0 Å². The van der Waals surface area contributed by atoms with Gasteiger partial charge in [-0.15, -0.1) is 0 Å². The van der Waals surface area contributed by atoms with E-state index in [1.807, 2.05) is 0 Å². The summed E-state index contributed by atoms with van der Waals surface area (Å²) in [7, 11) is 0. The zero-order valence-corrected chi connectivity index (χ0v) is 8.07. The Kier molecular flexibility index (Phi) is 5.24. The summed E-state index contributed by atoms with van der Waals surface area (Å²) in [5.41, 5.74) is 0.304. The Labute approximate surface area is 81.6 Å². The van der Waals surface area contributed by atoms with E-state index in [0.717, 1.165) is 6.26 Å². The monoisotopic (exact) mass is 200 g/mol. The van der Waals surface area contributed by atoms with Crippen molar-refractivity contribution in [2.45, 2.75) is 13.8 Å². The smallest absolute Gasteiger partial charge is 0.338 e. The first-order valence-corrected chi connectivity index (χ1v) is 3.80. The second-order valence-electron chi connectivity index (χ2n) is 2.55. The molecule has 0 aliphatic carbocycles. The molecule has 0 saturated heterocycles. The van der Waals surface area contributed by atoms with Crippen molar-refractivity contribution in [2.75, 3.05) is 6.79 Å². The predicted molar refractivity (Wildman–Crippen MR) is 47.8 cm³/mol. The molecule has 0 fully saturated rings. The van der Waals surface area contributed by atoms with Crippen LogP contribution in [0.15, 0.2) is 24.0 Å². The van der Waals surface area contributed by atoms with Gasteiger partial charge in [0.2, 0.25) is 0 Å². The molecule has 0 aliphatic heterocycles. The molecule has 78 valence electrons. The molecule has 0 saturated carbocycles. The Morgan fingerprint density at radius 1 is 1.36 bits per heavy atom. The number of ether oxygens (including phenoxy) is 2. The van der Waals surface area contributed by atoms with E-state index in [-0.39, 0.29) is 11.1 Å². The van der Waals surface area contributed by atoms with E-state index >= 15 is 0 Å². The average molecular weight is 200 g/mol. The quantitative estimate of drug-likeness (QED) is 0.309. The summed E-state index contributed by atoms with van der Waals surface area (Å²) in [5, 5.41) is 8.26. The highest BCUT2D eigenvalue weighted by Crippen LogP contribution is 1.99. The van der Waals surface area contributed by atoms with E-state index in [1.54, 1.807) is 0 Å². The average Bonchev–Trinajstić information content (AvgIpc) is 2.13. The fourth-order valence-corrected chi connectivity index (χ4v) is 0.463. The van der Waals surface area contributed by atoms with Crippen LogP contribution in [-0.4, -0.2) is 23.8 Å². The minimum absolute atomic E-state index is 0.0775. The number of aliphatic hydroxyl groups excluding tert-OH is 1. The predicted octanol–water partition coefficient (Wildman–Crippen LogP) is 0.502. The van der Waals surface area contributed by atoms with Gasteiger partial charge in [-0.1, -0.05) is 6.58 Å². The molecule has 0 aromatic carbocycles. The molecule has 0 aromatic rings. The van der Waals surface area contributed by atoms with Crippen molar-refractivity contribution in [1.29, 1.82) is 0 Å². The second kappa shape index (κ2) is 5.93. The van der Waals surface area contributed by atoms with Gasteiger partial charge < -0.3 is 14.6 Å². The number of esters is 2. The summed E-state index contributed by atoms with van der Waals surface area (Å²) in [6.07, 6.45) is 0.953. The normalized spacial score (nSPS) is 10.6. The van der Waals surface area contributed by atoms with Gasteiger partial charge in [0, 0.05) is 5.57 Å². The molecule has 0 heterocycles. The largest absolute Gasteiger partial charge is 0.435 e. The van der Waals surface area contributed by atoms with Crippen LogP contribution in [-0.2, 0) is 19.1 Å². The van der Waals surface area contributed by atoms with Crippen molar-refractivity contribution in [1.82, 2.24) is 0 Å². The number of rotatable bonds is 4. The van der Waals surface area contributed by atoms with Crippen molar-refractivity contribution in [3.05, 3.63) is 24.0 Å². The molecule has 0 rings (SSSR count). The van der Waals surface area contributed by atoms with E-state index in [9.17, 15) is 9.59 Å². The minimum Gasteiger partial charge on any atom is -0.435 e. The fraction of sp³-hybridized carbons (Fsp3) is 0.333. The zero-order valence-electron chi connectivity index (χ0n) is 8.07. The Bertz CT molecular complexity index is 277. The summed E-state index contributed by atoms with van der Waals surface area (Å²) in [4.78, 5) is 21.7. The zero-order chi connectivity index (χ0) is 11.1. The highest BCUT2D eigenvalue weighted by molar-refractivity contribution is 5.90. The molecule has 5 heteroatoms. The molecule has 5 nitrogen and oxygen atoms in total. The highest BCUT2D eigenvalue weighted by atomic mass is 16.6. The maximum Gasteiger partial charge on any atom is 0.338 e. The summed E-state index contributed by atoms with van der Waals surface area (Å²) < 4.78 is 8.78. The molecule has 0 aliphatic rings. The van der Waals surface area contributed by atoms with Crippen molar-refractivity contribution in [3.8, 4) is 0 Å². The lowest BCUT2D eigenvalue weighted by Crippen LogP contribution is -2.08. The number of carbonyl (C=O) groups excluding carboxylic acids is 2. The van der Waals surface area contributed by atoms with E-state index in [4.69, 9.17) is 5.11 Å². The fourth-order valence-electron chi connectivity index (χ4n) is 0.463. The molecule has 0 aromatic heterocycles. The third kappa shape index (κ3) is 4.42. The summed E-state index contributed by atoms with van der Waals surface area (Å²) in [5.74, 6) is -1.37. The Hall–Kier alpha value is -1.62. The van der Waals surface area contributed by atoms with E-state index in [1.165, 1.54) is 13.8 Å². The second-order valence-corrected chi connectivity index (χ2v) is 2.55. The van der Waals surface area contributed by atoms with Gasteiger partial charge in [0.1, 0.15) is 6.26 Å². The molecule has 0 atom stereocenters. The minimum atomic E-state index is -0.748. The van der Waals surface area contributed by atoms with Crippen LogP contribution in [0, 0.1) is 0 Å². The topological polar surface area (TPSA) is 72.8 Å². The number of carbonyl (C=O) groups is 2. The van der Waals surface area contributed by atoms with Gasteiger partial charge in [-0.25, -0.2) is 9.59 Å². The molecular formula is C9H12O5. The molecule has 0 bridgehead atoms. The molecule has 1 N–H and O–H groups in total. The van der Waals surface area contributed by atoms with Gasteiger partial charge in [-0.3, -0.25) is 0 Å². The van der Waals surface area contributed by atoms with Crippen molar-refractivity contribution < 1.29 is 24.2 Å². The van der Waals surface area contributed by atoms with E-state index < -0.39 is 18.7 Å². The maximum atomic E-state index is 10.9. The number of hydrogen-bond acceptors (Lipinski definition) is 5. The van der Waals surface area contributed by atoms with Crippen LogP contribution in [0.25, 0.3) is 0 Å². The number of hydrogen-bond donors (Lipinski definition) is 1. The Morgan fingerprint density at radius 3 is 2.36 bits per heavy atom. The maximum absolute atomic E-state index is 10.9. The van der Waals surface area contributed by atoms with Crippen LogP contribution in [0.2, 0.25) is 0 Å². The van der Waals surface area contributed by atoms with Gasteiger partial charge in [-0.2, -0.15) is 0 Å².